The summed E-state index contributed by atoms with van der Waals surface area (Å²) in [7, 11) is -3.50. The Kier molecular flexibility index (Phi) is 4.99. The largest absolute Gasteiger partial charge is 0.454 e. The van der Waals surface area contributed by atoms with Gasteiger partial charge >= 0.3 is 0 Å². The Hall–Kier alpha value is -2.09. The van der Waals surface area contributed by atoms with Gasteiger partial charge in [-0.1, -0.05) is 36.4 Å². The molecule has 25 heavy (non-hydrogen) atoms. The smallest absolute Gasteiger partial charge is 0.231 e. The first-order chi connectivity index (χ1) is 11.9. The molecule has 0 bridgehead atoms. The van der Waals surface area contributed by atoms with Gasteiger partial charge in [0.1, 0.15) is 5.60 Å². The van der Waals surface area contributed by atoms with Gasteiger partial charge < -0.3 is 14.6 Å². The molecule has 1 aliphatic rings. The highest BCUT2D eigenvalue weighted by Crippen LogP contribution is 2.35. The van der Waals surface area contributed by atoms with Crippen molar-refractivity contribution in [3.05, 3.63) is 59.7 Å². The topological polar surface area (TPSA) is 84.9 Å². The molecular formula is C18H21NO5S. The second kappa shape index (κ2) is 7.03. The number of hydrogen-bond donors (Lipinski definition) is 2. The quantitative estimate of drug-likeness (QED) is 0.783. The van der Waals surface area contributed by atoms with Gasteiger partial charge in [-0.2, -0.15) is 0 Å². The molecule has 0 amide bonds. The van der Waals surface area contributed by atoms with E-state index in [0.29, 0.717) is 23.5 Å². The van der Waals surface area contributed by atoms with Gasteiger partial charge in [-0.25, -0.2) is 13.1 Å². The predicted octanol–water partition coefficient (Wildman–Crippen LogP) is 1.78. The molecule has 1 unspecified atom stereocenters. The predicted molar refractivity (Wildman–Crippen MR) is 94.1 cm³/mol. The zero-order valence-electron chi connectivity index (χ0n) is 13.9. The average molecular weight is 363 g/mol. The van der Waals surface area contributed by atoms with Crippen molar-refractivity contribution in [2.75, 3.05) is 19.1 Å². The van der Waals surface area contributed by atoms with Crippen LogP contribution in [-0.4, -0.2) is 32.6 Å². The van der Waals surface area contributed by atoms with Crippen LogP contribution in [0.25, 0.3) is 0 Å². The monoisotopic (exact) mass is 363 g/mol. The highest BCUT2D eigenvalue weighted by Gasteiger charge is 2.27. The molecule has 1 atom stereocenters. The number of hydrogen-bond acceptors (Lipinski definition) is 5. The zero-order chi connectivity index (χ0) is 17.9. The zero-order valence-corrected chi connectivity index (χ0v) is 14.8. The molecule has 0 aromatic heterocycles. The van der Waals surface area contributed by atoms with Crippen molar-refractivity contribution in [1.29, 1.82) is 0 Å². The molecule has 1 heterocycles. The first-order valence-corrected chi connectivity index (χ1v) is 9.65. The van der Waals surface area contributed by atoms with Crippen LogP contribution in [0.4, 0.5) is 0 Å². The SMILES string of the molecule is CC(O)(CNS(=O)(=O)CCc1ccccc1)c1ccc2c(c1)OCO2. The molecule has 6 nitrogen and oxygen atoms in total. The molecular weight excluding hydrogens is 342 g/mol. The molecule has 0 radical (unpaired) electrons. The number of rotatable bonds is 7. The van der Waals surface area contributed by atoms with Gasteiger partial charge in [0, 0.05) is 6.54 Å². The van der Waals surface area contributed by atoms with E-state index in [2.05, 4.69) is 4.72 Å². The minimum absolute atomic E-state index is 0.0335. The van der Waals surface area contributed by atoms with Crippen molar-refractivity contribution in [3.63, 3.8) is 0 Å². The van der Waals surface area contributed by atoms with E-state index < -0.39 is 15.6 Å². The Labute approximate surface area is 147 Å². The number of fused-ring (bicyclic) bond motifs is 1. The molecule has 2 aromatic carbocycles. The lowest BCUT2D eigenvalue weighted by molar-refractivity contribution is 0.0625. The van der Waals surface area contributed by atoms with Crippen LogP contribution < -0.4 is 14.2 Å². The summed E-state index contributed by atoms with van der Waals surface area (Å²) >= 11 is 0. The van der Waals surface area contributed by atoms with Gasteiger partial charge in [0.2, 0.25) is 16.8 Å². The summed E-state index contributed by atoms with van der Waals surface area (Å²) in [5.74, 6) is 1.13. The van der Waals surface area contributed by atoms with E-state index >= 15 is 0 Å². The van der Waals surface area contributed by atoms with Crippen LogP contribution in [-0.2, 0) is 22.0 Å². The van der Waals surface area contributed by atoms with Crippen LogP contribution in [0.3, 0.4) is 0 Å². The molecule has 0 saturated heterocycles. The minimum Gasteiger partial charge on any atom is -0.454 e. The molecule has 1 aliphatic heterocycles. The first-order valence-electron chi connectivity index (χ1n) is 7.99. The fourth-order valence-electron chi connectivity index (χ4n) is 2.55. The summed E-state index contributed by atoms with van der Waals surface area (Å²) in [6.45, 7) is 1.58. The van der Waals surface area contributed by atoms with Crippen LogP contribution >= 0.6 is 0 Å². The maximum atomic E-state index is 12.2. The summed E-state index contributed by atoms with van der Waals surface area (Å²) < 4.78 is 37.4. The first kappa shape index (κ1) is 17.7. The van der Waals surface area contributed by atoms with Crippen LogP contribution in [0.2, 0.25) is 0 Å². The number of benzene rings is 2. The second-order valence-corrected chi connectivity index (χ2v) is 8.14. The Bertz CT molecular complexity index is 834. The van der Waals surface area contributed by atoms with Gasteiger partial charge in [-0.05, 0) is 36.6 Å². The van der Waals surface area contributed by atoms with Gasteiger partial charge in [-0.3, -0.25) is 0 Å². The number of sulfonamides is 1. The minimum atomic E-state index is -3.50. The number of nitrogens with one attached hydrogen (secondary N) is 1. The Balaban J connectivity index is 1.61. The summed E-state index contributed by atoms with van der Waals surface area (Å²) in [6.07, 6.45) is 0.419. The molecule has 0 saturated carbocycles. The van der Waals surface area contributed by atoms with Gasteiger partial charge in [-0.15, -0.1) is 0 Å². The van der Waals surface area contributed by atoms with Crippen molar-refractivity contribution >= 4 is 10.0 Å². The highest BCUT2D eigenvalue weighted by molar-refractivity contribution is 7.89. The van der Waals surface area contributed by atoms with Gasteiger partial charge in [0.15, 0.2) is 11.5 Å². The van der Waals surface area contributed by atoms with Crippen molar-refractivity contribution in [1.82, 2.24) is 4.72 Å². The van der Waals surface area contributed by atoms with E-state index in [4.69, 9.17) is 9.47 Å². The molecule has 7 heteroatoms. The number of aryl methyl sites for hydroxylation is 1. The van der Waals surface area contributed by atoms with Gasteiger partial charge in [0.25, 0.3) is 0 Å². The Morgan fingerprint density at radius 3 is 2.60 bits per heavy atom. The van der Waals surface area contributed by atoms with E-state index in [0.717, 1.165) is 5.56 Å². The summed E-state index contributed by atoms with van der Waals surface area (Å²) in [6, 6.07) is 14.5. The molecule has 0 aliphatic carbocycles. The summed E-state index contributed by atoms with van der Waals surface area (Å²) in [4.78, 5) is 0. The van der Waals surface area contributed by atoms with Crippen molar-refractivity contribution in [2.45, 2.75) is 18.9 Å². The van der Waals surface area contributed by atoms with Crippen molar-refractivity contribution in [3.8, 4) is 11.5 Å². The fourth-order valence-corrected chi connectivity index (χ4v) is 3.70. The maximum Gasteiger partial charge on any atom is 0.231 e. The lowest BCUT2D eigenvalue weighted by Gasteiger charge is -2.24. The van der Waals surface area contributed by atoms with Crippen LogP contribution in [0.5, 0.6) is 11.5 Å². The third-order valence-corrected chi connectivity index (χ3v) is 5.46. The molecule has 134 valence electrons. The van der Waals surface area contributed by atoms with E-state index in [1.54, 1.807) is 25.1 Å². The molecule has 0 fully saturated rings. The maximum absolute atomic E-state index is 12.2. The van der Waals surface area contributed by atoms with E-state index in [1.165, 1.54) is 0 Å². The Morgan fingerprint density at radius 1 is 1.12 bits per heavy atom. The van der Waals surface area contributed by atoms with E-state index in [1.807, 2.05) is 30.3 Å². The lowest BCUT2D eigenvalue weighted by atomic mass is 9.96. The Morgan fingerprint density at radius 2 is 1.84 bits per heavy atom. The molecule has 2 aromatic rings. The van der Waals surface area contributed by atoms with Crippen molar-refractivity contribution < 1.29 is 23.0 Å². The lowest BCUT2D eigenvalue weighted by Crippen LogP contribution is -2.39. The summed E-state index contributed by atoms with van der Waals surface area (Å²) in [5.41, 5.74) is 0.152. The normalized spacial score (nSPS) is 15.8. The third kappa shape index (κ3) is 4.50. The van der Waals surface area contributed by atoms with Crippen LogP contribution in [0.1, 0.15) is 18.1 Å². The summed E-state index contributed by atoms with van der Waals surface area (Å²) in [5, 5.41) is 10.6. The number of ether oxygens (including phenoxy) is 2. The molecule has 0 spiro atoms. The van der Waals surface area contributed by atoms with Crippen molar-refractivity contribution in [2.24, 2.45) is 0 Å². The van der Waals surface area contributed by atoms with Crippen LogP contribution in [0, 0.1) is 0 Å². The molecule has 2 N–H and O–H groups in total. The third-order valence-electron chi connectivity index (χ3n) is 4.13. The standard InChI is InChI=1S/C18H21NO5S/c1-18(20,15-7-8-16-17(11-15)24-13-23-16)12-19-25(21,22)10-9-14-5-3-2-4-6-14/h2-8,11,19-20H,9-10,12-13H2,1H3. The molecule has 3 rings (SSSR count). The van der Waals surface area contributed by atoms with E-state index in [9.17, 15) is 13.5 Å². The average Bonchev–Trinajstić information content (AvgIpc) is 3.07. The fraction of sp³-hybridized carbons (Fsp3) is 0.333. The van der Waals surface area contributed by atoms with Crippen LogP contribution in [0.15, 0.2) is 48.5 Å². The van der Waals surface area contributed by atoms with Gasteiger partial charge in [0.05, 0.1) is 5.75 Å². The number of aliphatic hydroxyl groups is 1. The second-order valence-electron chi connectivity index (χ2n) is 6.22. The van der Waals surface area contributed by atoms with E-state index in [-0.39, 0.29) is 19.1 Å². The highest BCUT2D eigenvalue weighted by atomic mass is 32.2.